The lowest BCUT2D eigenvalue weighted by atomic mass is 10.1. The molecule has 0 saturated carbocycles. The van der Waals surface area contributed by atoms with Crippen LogP contribution in [-0.2, 0) is 10.0 Å². The number of hydrogen-bond donors (Lipinski definition) is 2. The number of carbonyl (C=O) groups excluding carboxylic acids is 1. The molecule has 5 nitrogen and oxygen atoms in total. The summed E-state index contributed by atoms with van der Waals surface area (Å²) in [6.07, 6.45) is 0.777. The Kier molecular flexibility index (Phi) is 6.31. The van der Waals surface area contributed by atoms with Crippen molar-refractivity contribution in [2.24, 2.45) is 0 Å². The summed E-state index contributed by atoms with van der Waals surface area (Å²) in [7, 11) is -3.93. The van der Waals surface area contributed by atoms with Crippen LogP contribution in [0.4, 0.5) is 5.69 Å². The van der Waals surface area contributed by atoms with Gasteiger partial charge in [-0.15, -0.1) is 0 Å². The highest BCUT2D eigenvalue weighted by Crippen LogP contribution is 2.26. The quantitative estimate of drug-likeness (QED) is 0.767. The van der Waals surface area contributed by atoms with Crippen molar-refractivity contribution in [3.63, 3.8) is 0 Å². The number of rotatable bonds is 6. The molecule has 1 atom stereocenters. The van der Waals surface area contributed by atoms with Crippen LogP contribution in [0, 0.1) is 13.8 Å². The molecule has 0 heterocycles. The van der Waals surface area contributed by atoms with Crippen LogP contribution >= 0.6 is 11.6 Å². The number of benzene rings is 2. The molecule has 0 saturated heterocycles. The summed E-state index contributed by atoms with van der Waals surface area (Å²) in [6.45, 7) is 7.69. The third-order valence-electron chi connectivity index (χ3n) is 4.23. The molecular weight excluding hydrogens is 372 g/mol. The van der Waals surface area contributed by atoms with Gasteiger partial charge in [0.05, 0.1) is 5.02 Å². The van der Waals surface area contributed by atoms with Crippen LogP contribution in [0.3, 0.4) is 0 Å². The smallest absolute Gasteiger partial charge is 0.263 e. The van der Waals surface area contributed by atoms with Crippen LogP contribution in [-0.4, -0.2) is 20.4 Å². The Labute approximate surface area is 159 Å². The largest absolute Gasteiger partial charge is 0.350 e. The fourth-order valence-electron chi connectivity index (χ4n) is 2.27. The fourth-order valence-corrected chi connectivity index (χ4v) is 3.85. The van der Waals surface area contributed by atoms with Crippen LogP contribution in [0.1, 0.15) is 41.8 Å². The predicted octanol–water partition coefficient (Wildman–Crippen LogP) is 4.29. The molecule has 1 unspecified atom stereocenters. The first-order valence-corrected chi connectivity index (χ1v) is 10.2. The molecule has 0 aromatic heterocycles. The molecular formula is C19H23ClN2O3S. The van der Waals surface area contributed by atoms with Crippen molar-refractivity contribution < 1.29 is 13.2 Å². The maximum Gasteiger partial charge on any atom is 0.263 e. The van der Waals surface area contributed by atoms with E-state index < -0.39 is 10.0 Å². The Morgan fingerprint density at radius 2 is 1.81 bits per heavy atom. The third kappa shape index (κ3) is 4.77. The molecule has 0 spiro atoms. The average molecular weight is 395 g/mol. The number of nitrogens with one attached hydrogen (secondary N) is 2. The zero-order valence-electron chi connectivity index (χ0n) is 15.3. The first kappa shape index (κ1) is 20.3. The lowest BCUT2D eigenvalue weighted by Gasteiger charge is -2.14. The maximum absolute atomic E-state index is 12.7. The SMILES string of the molecule is CCC(C)NC(=O)c1ccc(Cl)c(S(=O)(=O)Nc2ccc(C)c(C)c2)c1. The number of hydrogen-bond acceptors (Lipinski definition) is 3. The highest BCUT2D eigenvalue weighted by Gasteiger charge is 2.21. The van der Waals surface area contributed by atoms with Gasteiger partial charge in [0.1, 0.15) is 4.90 Å². The van der Waals surface area contributed by atoms with E-state index in [1.165, 1.54) is 18.2 Å². The molecule has 2 aromatic rings. The Hall–Kier alpha value is -2.05. The van der Waals surface area contributed by atoms with Gasteiger partial charge in [-0.3, -0.25) is 9.52 Å². The van der Waals surface area contributed by atoms with Gasteiger partial charge in [0, 0.05) is 17.3 Å². The van der Waals surface area contributed by atoms with E-state index in [9.17, 15) is 13.2 Å². The Bertz CT molecular complexity index is 926. The summed E-state index contributed by atoms with van der Waals surface area (Å²) < 4.78 is 28.0. The monoisotopic (exact) mass is 394 g/mol. The molecule has 0 fully saturated rings. The van der Waals surface area contributed by atoms with E-state index >= 15 is 0 Å². The Balaban J connectivity index is 2.34. The zero-order valence-corrected chi connectivity index (χ0v) is 16.8. The minimum absolute atomic E-state index is 0.00751. The summed E-state index contributed by atoms with van der Waals surface area (Å²) in [4.78, 5) is 12.1. The summed E-state index contributed by atoms with van der Waals surface area (Å²) in [6, 6.07) is 9.49. The minimum atomic E-state index is -3.93. The van der Waals surface area contributed by atoms with Gasteiger partial charge in [0.15, 0.2) is 0 Å². The Morgan fingerprint density at radius 3 is 2.42 bits per heavy atom. The van der Waals surface area contributed by atoms with Gasteiger partial charge >= 0.3 is 0 Å². The summed E-state index contributed by atoms with van der Waals surface area (Å²) in [5.74, 6) is -0.335. The number of amides is 1. The molecule has 7 heteroatoms. The van der Waals surface area contributed by atoms with E-state index in [0.717, 1.165) is 17.5 Å². The summed E-state index contributed by atoms with van der Waals surface area (Å²) >= 11 is 6.09. The molecule has 0 aliphatic carbocycles. The van der Waals surface area contributed by atoms with Gasteiger partial charge in [-0.25, -0.2) is 8.42 Å². The molecule has 26 heavy (non-hydrogen) atoms. The van der Waals surface area contributed by atoms with Crippen LogP contribution in [0.25, 0.3) is 0 Å². The van der Waals surface area contributed by atoms with Crippen molar-refractivity contribution in [3.8, 4) is 0 Å². The van der Waals surface area contributed by atoms with Crippen LogP contribution in [0.5, 0.6) is 0 Å². The normalized spacial score (nSPS) is 12.5. The van der Waals surface area contributed by atoms with Crippen molar-refractivity contribution in [2.45, 2.75) is 45.1 Å². The second kappa shape index (κ2) is 8.10. The molecule has 0 radical (unpaired) electrons. The topological polar surface area (TPSA) is 75.3 Å². The van der Waals surface area contributed by atoms with Gasteiger partial charge in [0.25, 0.3) is 15.9 Å². The van der Waals surface area contributed by atoms with Crippen molar-refractivity contribution >= 4 is 33.2 Å². The third-order valence-corrected chi connectivity index (χ3v) is 6.09. The van der Waals surface area contributed by atoms with Gasteiger partial charge in [-0.05, 0) is 68.7 Å². The first-order chi connectivity index (χ1) is 12.1. The van der Waals surface area contributed by atoms with E-state index in [2.05, 4.69) is 10.0 Å². The minimum Gasteiger partial charge on any atom is -0.350 e. The lowest BCUT2D eigenvalue weighted by molar-refractivity contribution is 0.0939. The van der Waals surface area contributed by atoms with Crippen LogP contribution in [0.15, 0.2) is 41.3 Å². The van der Waals surface area contributed by atoms with Crippen molar-refractivity contribution in [3.05, 3.63) is 58.1 Å². The second-order valence-electron chi connectivity index (χ2n) is 6.33. The number of sulfonamides is 1. The highest BCUT2D eigenvalue weighted by atomic mass is 35.5. The van der Waals surface area contributed by atoms with E-state index in [4.69, 9.17) is 11.6 Å². The molecule has 140 valence electrons. The van der Waals surface area contributed by atoms with Gasteiger partial charge in [0.2, 0.25) is 0 Å². The standard InChI is InChI=1S/C19H23ClN2O3S/c1-5-14(4)21-19(23)15-7-9-17(20)18(11-15)26(24,25)22-16-8-6-12(2)13(3)10-16/h6-11,14,22H,5H2,1-4H3,(H,21,23). The van der Waals surface area contributed by atoms with Crippen molar-refractivity contribution in [1.29, 1.82) is 0 Å². The number of halogens is 1. The van der Waals surface area contributed by atoms with E-state index in [0.29, 0.717) is 5.69 Å². The number of anilines is 1. The van der Waals surface area contributed by atoms with Crippen LogP contribution in [0.2, 0.25) is 5.02 Å². The fraction of sp³-hybridized carbons (Fsp3) is 0.316. The average Bonchev–Trinajstić information content (AvgIpc) is 2.57. The van der Waals surface area contributed by atoms with Gasteiger partial charge in [-0.1, -0.05) is 24.6 Å². The molecule has 2 N–H and O–H groups in total. The van der Waals surface area contributed by atoms with Gasteiger partial charge in [-0.2, -0.15) is 0 Å². The molecule has 2 aromatic carbocycles. The second-order valence-corrected chi connectivity index (χ2v) is 8.39. The molecule has 1 amide bonds. The van der Waals surface area contributed by atoms with Crippen molar-refractivity contribution in [1.82, 2.24) is 5.32 Å². The lowest BCUT2D eigenvalue weighted by Crippen LogP contribution is -2.32. The van der Waals surface area contributed by atoms with Gasteiger partial charge < -0.3 is 5.32 Å². The summed E-state index contributed by atoms with van der Waals surface area (Å²) in [5, 5.41) is 2.87. The van der Waals surface area contributed by atoms with E-state index in [1.54, 1.807) is 12.1 Å². The van der Waals surface area contributed by atoms with Crippen molar-refractivity contribution in [2.75, 3.05) is 4.72 Å². The molecule has 0 aliphatic heterocycles. The zero-order chi connectivity index (χ0) is 19.5. The number of aryl methyl sites for hydroxylation is 2. The van der Waals surface area contributed by atoms with E-state index in [1.807, 2.05) is 33.8 Å². The summed E-state index contributed by atoms with van der Waals surface area (Å²) in [5.41, 5.74) is 2.72. The Morgan fingerprint density at radius 1 is 1.12 bits per heavy atom. The maximum atomic E-state index is 12.7. The van der Waals surface area contributed by atoms with Crippen LogP contribution < -0.4 is 10.0 Å². The predicted molar refractivity (Wildman–Crippen MR) is 105 cm³/mol. The highest BCUT2D eigenvalue weighted by molar-refractivity contribution is 7.92. The molecule has 0 aliphatic rings. The first-order valence-electron chi connectivity index (χ1n) is 8.34. The molecule has 2 rings (SSSR count). The van der Waals surface area contributed by atoms with E-state index in [-0.39, 0.29) is 27.4 Å². The molecule has 0 bridgehead atoms. The number of carbonyl (C=O) groups is 1.